The lowest BCUT2D eigenvalue weighted by Gasteiger charge is -2.18. The Labute approximate surface area is 107 Å². The third kappa shape index (κ3) is 8.21. The van der Waals surface area contributed by atoms with E-state index in [2.05, 4.69) is 6.58 Å². The lowest BCUT2D eigenvalue weighted by molar-refractivity contribution is -0.107. The zero-order chi connectivity index (χ0) is 12.2. The Kier molecular flexibility index (Phi) is 11.5. The van der Waals surface area contributed by atoms with E-state index in [-0.39, 0.29) is 0 Å². The molecule has 0 aromatic heterocycles. The highest BCUT2D eigenvalue weighted by Crippen LogP contribution is 2.25. The Hall–Kier alpha value is 0.0300. The van der Waals surface area contributed by atoms with Crippen molar-refractivity contribution in [3.05, 3.63) is 12.7 Å². The molecule has 0 amide bonds. The molecule has 0 bridgehead atoms. The summed E-state index contributed by atoms with van der Waals surface area (Å²) in [7, 11) is 0. The van der Waals surface area contributed by atoms with Gasteiger partial charge < -0.3 is 16.3 Å². The van der Waals surface area contributed by atoms with E-state index in [0.717, 1.165) is 24.2 Å². The Morgan fingerprint density at radius 1 is 1.19 bits per heavy atom. The van der Waals surface area contributed by atoms with E-state index in [1.807, 2.05) is 6.08 Å². The molecule has 0 heterocycles. The smallest absolute Gasteiger partial charge is 0.121 e. The molecule has 2 unspecified atom stereocenters. The average Bonchev–Trinajstić information content (AvgIpc) is 2.31. The number of rotatable bonds is 11. The van der Waals surface area contributed by atoms with Crippen LogP contribution in [0.2, 0.25) is 0 Å². The second-order valence-electron chi connectivity index (χ2n) is 3.35. The van der Waals surface area contributed by atoms with E-state index in [0.29, 0.717) is 30.0 Å². The van der Waals surface area contributed by atoms with Crippen molar-refractivity contribution in [1.82, 2.24) is 0 Å². The molecule has 0 fully saturated rings. The van der Waals surface area contributed by atoms with Crippen molar-refractivity contribution in [2.24, 2.45) is 11.5 Å². The van der Waals surface area contributed by atoms with E-state index in [4.69, 9.17) is 11.5 Å². The van der Waals surface area contributed by atoms with E-state index in [1.54, 1.807) is 23.5 Å². The first-order chi connectivity index (χ1) is 7.78. The number of hydrogen-bond donors (Lipinski definition) is 2. The van der Waals surface area contributed by atoms with Gasteiger partial charge in [-0.1, -0.05) is 6.08 Å². The van der Waals surface area contributed by atoms with Crippen LogP contribution in [0.25, 0.3) is 0 Å². The van der Waals surface area contributed by atoms with Crippen LogP contribution in [0, 0.1) is 0 Å². The second-order valence-corrected chi connectivity index (χ2v) is 6.11. The highest BCUT2D eigenvalue weighted by atomic mass is 32.2. The lowest BCUT2D eigenvalue weighted by Crippen LogP contribution is -2.16. The molecule has 0 saturated heterocycles. The van der Waals surface area contributed by atoms with Crippen LogP contribution in [0.15, 0.2) is 12.7 Å². The van der Waals surface area contributed by atoms with Gasteiger partial charge in [0, 0.05) is 41.5 Å². The summed E-state index contributed by atoms with van der Waals surface area (Å²) in [6.45, 7) is 5.17. The number of hydrogen-bond acceptors (Lipinski definition) is 5. The molecule has 0 aromatic carbocycles. The molecule has 4 N–H and O–H groups in total. The minimum atomic E-state index is 0.356. The Morgan fingerprint density at radius 3 is 2.31 bits per heavy atom. The van der Waals surface area contributed by atoms with Gasteiger partial charge >= 0.3 is 0 Å². The van der Waals surface area contributed by atoms with Gasteiger partial charge in [-0.05, 0) is 6.42 Å². The molecule has 0 rings (SSSR count). The molecule has 0 spiro atoms. The van der Waals surface area contributed by atoms with Crippen molar-refractivity contribution in [3.63, 3.8) is 0 Å². The maximum absolute atomic E-state index is 10.6. The summed E-state index contributed by atoms with van der Waals surface area (Å²) in [5.74, 6) is 1.84. The SMILES string of the molecule is C=CC(CC(CC=O)SCCN)SCCN. The first-order valence-corrected chi connectivity index (χ1v) is 7.57. The van der Waals surface area contributed by atoms with E-state index in [1.165, 1.54) is 0 Å². The Balaban J connectivity index is 3.99. The van der Waals surface area contributed by atoms with Crippen molar-refractivity contribution in [3.8, 4) is 0 Å². The molecule has 5 heteroatoms. The van der Waals surface area contributed by atoms with Gasteiger partial charge in [-0.15, -0.1) is 6.58 Å². The number of nitrogens with two attached hydrogens (primary N) is 2. The third-order valence-corrected chi connectivity index (χ3v) is 4.65. The summed E-state index contributed by atoms with van der Waals surface area (Å²) < 4.78 is 0. The number of carbonyl (C=O) groups is 1. The van der Waals surface area contributed by atoms with Crippen molar-refractivity contribution in [2.45, 2.75) is 23.3 Å². The van der Waals surface area contributed by atoms with Crippen LogP contribution in [-0.4, -0.2) is 41.4 Å². The first-order valence-electron chi connectivity index (χ1n) is 5.48. The monoisotopic (exact) mass is 262 g/mol. The largest absolute Gasteiger partial charge is 0.330 e. The Bertz CT molecular complexity index is 191. The van der Waals surface area contributed by atoms with Crippen LogP contribution >= 0.6 is 23.5 Å². The minimum absolute atomic E-state index is 0.356. The van der Waals surface area contributed by atoms with Gasteiger partial charge in [0.15, 0.2) is 0 Å². The number of carbonyl (C=O) groups excluding carboxylic acids is 1. The average molecular weight is 262 g/mol. The van der Waals surface area contributed by atoms with Gasteiger partial charge in [0.1, 0.15) is 6.29 Å². The number of thioether (sulfide) groups is 2. The van der Waals surface area contributed by atoms with Crippen molar-refractivity contribution < 1.29 is 4.79 Å². The molecule has 94 valence electrons. The maximum atomic E-state index is 10.6. The molecule has 0 saturated carbocycles. The van der Waals surface area contributed by atoms with Crippen LogP contribution in [0.1, 0.15) is 12.8 Å². The molecular formula is C11H22N2OS2. The van der Waals surface area contributed by atoms with Gasteiger partial charge in [0.25, 0.3) is 0 Å². The third-order valence-electron chi connectivity index (χ3n) is 2.04. The molecule has 0 radical (unpaired) electrons. The Morgan fingerprint density at radius 2 is 1.81 bits per heavy atom. The standard InChI is InChI=1S/C11H22N2OS2/c1-2-10(15-7-4-12)9-11(3-6-14)16-8-5-13/h2,6,10-11H,1,3-5,7-9,12-13H2. The summed E-state index contributed by atoms with van der Waals surface area (Å²) in [4.78, 5) is 10.6. The van der Waals surface area contributed by atoms with Crippen LogP contribution < -0.4 is 11.5 Å². The van der Waals surface area contributed by atoms with Crippen LogP contribution in [0.4, 0.5) is 0 Å². The van der Waals surface area contributed by atoms with E-state index in [9.17, 15) is 4.79 Å². The second kappa shape index (κ2) is 11.5. The summed E-state index contributed by atoms with van der Waals surface area (Å²) in [5.41, 5.74) is 10.9. The molecule has 2 atom stereocenters. The zero-order valence-corrected chi connectivity index (χ0v) is 11.3. The fraction of sp³-hybridized carbons (Fsp3) is 0.727. The fourth-order valence-corrected chi connectivity index (χ4v) is 3.38. The van der Waals surface area contributed by atoms with Crippen LogP contribution in [0.3, 0.4) is 0 Å². The van der Waals surface area contributed by atoms with E-state index >= 15 is 0 Å². The lowest BCUT2D eigenvalue weighted by atomic mass is 10.2. The zero-order valence-electron chi connectivity index (χ0n) is 9.64. The van der Waals surface area contributed by atoms with Crippen molar-refractivity contribution >= 4 is 29.8 Å². The maximum Gasteiger partial charge on any atom is 0.121 e. The predicted molar refractivity (Wildman–Crippen MR) is 76.1 cm³/mol. The molecular weight excluding hydrogens is 240 g/mol. The molecule has 0 aromatic rings. The molecule has 0 aliphatic rings. The summed E-state index contributed by atoms with van der Waals surface area (Å²) >= 11 is 3.58. The molecule has 0 aliphatic carbocycles. The first kappa shape index (κ1) is 16.0. The highest BCUT2D eigenvalue weighted by molar-refractivity contribution is 8.00. The van der Waals surface area contributed by atoms with Gasteiger partial charge in [-0.3, -0.25) is 0 Å². The van der Waals surface area contributed by atoms with Crippen molar-refractivity contribution in [1.29, 1.82) is 0 Å². The van der Waals surface area contributed by atoms with Gasteiger partial charge in [-0.25, -0.2) is 0 Å². The van der Waals surface area contributed by atoms with Crippen molar-refractivity contribution in [2.75, 3.05) is 24.6 Å². The number of aldehydes is 1. The molecule has 3 nitrogen and oxygen atoms in total. The van der Waals surface area contributed by atoms with Gasteiger partial charge in [0.2, 0.25) is 0 Å². The van der Waals surface area contributed by atoms with Crippen LogP contribution in [-0.2, 0) is 4.79 Å². The topological polar surface area (TPSA) is 69.1 Å². The normalized spacial score (nSPS) is 14.4. The summed E-state index contributed by atoms with van der Waals surface area (Å²) in [6.07, 6.45) is 4.50. The quantitative estimate of drug-likeness (QED) is 0.433. The van der Waals surface area contributed by atoms with E-state index < -0.39 is 0 Å². The molecule has 0 aliphatic heterocycles. The fourth-order valence-electron chi connectivity index (χ4n) is 1.29. The molecule has 16 heavy (non-hydrogen) atoms. The highest BCUT2D eigenvalue weighted by Gasteiger charge is 2.14. The van der Waals surface area contributed by atoms with Gasteiger partial charge in [0.05, 0.1) is 0 Å². The predicted octanol–water partition coefficient (Wildman–Crippen LogP) is 1.27. The van der Waals surface area contributed by atoms with Gasteiger partial charge in [-0.2, -0.15) is 23.5 Å². The summed E-state index contributed by atoms with van der Waals surface area (Å²) in [5, 5.41) is 0.744. The van der Waals surface area contributed by atoms with Crippen LogP contribution in [0.5, 0.6) is 0 Å². The summed E-state index contributed by atoms with van der Waals surface area (Å²) in [6, 6.07) is 0. The minimum Gasteiger partial charge on any atom is -0.330 e.